The molecule has 0 saturated heterocycles. The van der Waals surface area contributed by atoms with Crippen molar-refractivity contribution in [3.05, 3.63) is 35.9 Å². The summed E-state index contributed by atoms with van der Waals surface area (Å²) >= 11 is 0. The number of fused-ring (bicyclic) bond motifs is 2. The molecule has 1 fully saturated rings. The molecular weight excluding hydrogens is 248 g/mol. The molecule has 1 aromatic carbocycles. The minimum Gasteiger partial charge on any atom is -0.497 e. The van der Waals surface area contributed by atoms with E-state index in [-0.39, 0.29) is 11.3 Å². The van der Waals surface area contributed by atoms with Gasteiger partial charge in [-0.05, 0) is 59.9 Å². The van der Waals surface area contributed by atoms with Crippen LogP contribution in [-0.4, -0.2) is 17.8 Å². The van der Waals surface area contributed by atoms with E-state index in [1.165, 1.54) is 12.0 Å². The lowest BCUT2D eigenvalue weighted by molar-refractivity contribution is -0.0623. The molecule has 1 N–H and O–H groups in total. The summed E-state index contributed by atoms with van der Waals surface area (Å²) in [5, 5.41) is 11.3. The van der Waals surface area contributed by atoms with Gasteiger partial charge in [-0.3, -0.25) is 0 Å². The minimum absolute atomic E-state index is 0.160. The number of rotatable bonds is 1. The third-order valence-electron chi connectivity index (χ3n) is 5.49. The third-order valence-corrected chi connectivity index (χ3v) is 5.49. The van der Waals surface area contributed by atoms with Crippen LogP contribution in [0.25, 0.3) is 5.57 Å². The van der Waals surface area contributed by atoms with Crippen LogP contribution in [0.5, 0.6) is 5.75 Å². The molecule has 1 aromatic rings. The van der Waals surface area contributed by atoms with E-state index < -0.39 is 5.60 Å². The molecule has 0 unspecified atom stereocenters. The average molecular weight is 272 g/mol. The molecule has 2 nitrogen and oxygen atoms in total. The molecule has 0 spiro atoms. The molecule has 2 heteroatoms. The van der Waals surface area contributed by atoms with E-state index in [1.54, 1.807) is 7.11 Å². The highest BCUT2D eigenvalue weighted by atomic mass is 16.5. The molecule has 2 atom stereocenters. The van der Waals surface area contributed by atoms with Crippen molar-refractivity contribution in [3.63, 3.8) is 0 Å². The summed E-state index contributed by atoms with van der Waals surface area (Å²) < 4.78 is 5.32. The molecule has 0 bridgehead atoms. The van der Waals surface area contributed by atoms with E-state index >= 15 is 0 Å². The minimum atomic E-state index is -0.749. The lowest BCUT2D eigenvalue weighted by Gasteiger charge is -2.53. The second-order valence-electron chi connectivity index (χ2n) is 7.02. The van der Waals surface area contributed by atoms with Gasteiger partial charge in [-0.25, -0.2) is 0 Å². The maximum absolute atomic E-state index is 11.3. The zero-order chi connectivity index (χ0) is 14.5. The van der Waals surface area contributed by atoms with Gasteiger partial charge in [0, 0.05) is 5.92 Å². The van der Waals surface area contributed by atoms with Crippen molar-refractivity contribution in [2.75, 3.05) is 7.11 Å². The van der Waals surface area contributed by atoms with Crippen LogP contribution in [0.3, 0.4) is 0 Å². The summed E-state index contributed by atoms with van der Waals surface area (Å²) in [5.41, 5.74) is 2.67. The zero-order valence-corrected chi connectivity index (χ0v) is 12.7. The fraction of sp³-hybridized carbons (Fsp3) is 0.556. The highest BCUT2D eigenvalue weighted by Crippen LogP contribution is 2.55. The first-order chi connectivity index (χ1) is 9.38. The number of hydrogen-bond acceptors (Lipinski definition) is 2. The number of hydrogen-bond donors (Lipinski definition) is 1. The molecule has 0 heterocycles. The molecule has 0 aliphatic heterocycles. The quantitative estimate of drug-likeness (QED) is 0.842. The molecule has 2 aliphatic rings. The van der Waals surface area contributed by atoms with Crippen molar-refractivity contribution in [1.82, 2.24) is 0 Å². The van der Waals surface area contributed by atoms with Crippen LogP contribution in [-0.2, 0) is 6.42 Å². The Labute approximate surface area is 121 Å². The Balaban J connectivity index is 2.11. The molecule has 108 valence electrons. The Morgan fingerprint density at radius 2 is 2.05 bits per heavy atom. The maximum Gasteiger partial charge on any atom is 0.119 e. The van der Waals surface area contributed by atoms with Crippen LogP contribution >= 0.6 is 0 Å². The highest BCUT2D eigenvalue weighted by molar-refractivity contribution is 5.76. The van der Waals surface area contributed by atoms with Crippen LogP contribution < -0.4 is 4.74 Å². The summed E-state index contributed by atoms with van der Waals surface area (Å²) in [5.74, 6) is 1.10. The van der Waals surface area contributed by atoms with Crippen LogP contribution in [0.15, 0.2) is 24.8 Å². The van der Waals surface area contributed by atoms with Crippen molar-refractivity contribution in [2.24, 2.45) is 11.3 Å². The summed E-state index contributed by atoms with van der Waals surface area (Å²) in [6.45, 7) is 8.81. The van der Waals surface area contributed by atoms with Gasteiger partial charge in [0.2, 0.25) is 0 Å². The zero-order valence-electron chi connectivity index (χ0n) is 12.7. The molecule has 20 heavy (non-hydrogen) atoms. The van der Waals surface area contributed by atoms with Gasteiger partial charge in [0.25, 0.3) is 0 Å². The summed E-state index contributed by atoms with van der Waals surface area (Å²) in [4.78, 5) is 0. The van der Waals surface area contributed by atoms with Crippen LogP contribution in [0.1, 0.15) is 44.2 Å². The van der Waals surface area contributed by atoms with Crippen LogP contribution in [0.4, 0.5) is 0 Å². The highest BCUT2D eigenvalue weighted by Gasteiger charge is 2.52. The normalized spacial score (nSPS) is 31.4. The molecular formula is C18H24O2. The molecule has 2 aliphatic carbocycles. The Hall–Kier alpha value is -1.28. The fourth-order valence-corrected chi connectivity index (χ4v) is 4.21. The van der Waals surface area contributed by atoms with E-state index in [9.17, 15) is 5.11 Å². The Morgan fingerprint density at radius 3 is 2.75 bits per heavy atom. The third kappa shape index (κ3) is 1.81. The maximum atomic E-state index is 11.3. The van der Waals surface area contributed by atoms with Gasteiger partial charge in [-0.15, -0.1) is 0 Å². The second kappa shape index (κ2) is 4.36. The van der Waals surface area contributed by atoms with Crippen molar-refractivity contribution >= 4 is 5.57 Å². The first kappa shape index (κ1) is 13.7. The van der Waals surface area contributed by atoms with E-state index in [2.05, 4.69) is 26.5 Å². The van der Waals surface area contributed by atoms with Crippen molar-refractivity contribution in [3.8, 4) is 5.75 Å². The van der Waals surface area contributed by atoms with Crippen molar-refractivity contribution < 1.29 is 9.84 Å². The summed E-state index contributed by atoms with van der Waals surface area (Å²) in [6, 6.07) is 6.16. The molecule has 3 rings (SSSR count). The van der Waals surface area contributed by atoms with Gasteiger partial charge in [0.15, 0.2) is 0 Å². The monoisotopic (exact) mass is 272 g/mol. The number of aliphatic hydroxyl groups is 1. The Bertz CT molecular complexity index is 559. The van der Waals surface area contributed by atoms with E-state index in [1.807, 2.05) is 12.1 Å². The molecule has 0 aromatic heterocycles. The second-order valence-corrected chi connectivity index (χ2v) is 7.02. The lowest BCUT2D eigenvalue weighted by Crippen LogP contribution is -2.52. The standard InChI is InChI=1S/C18H24O2/c1-12-15-11-14(20-4)7-6-13(15)10-16-17(2,3)8-5-9-18(12,16)19/h6-7,11,16,19H,1,5,8-10H2,2-4H3/t16-,18-/m0/s1. The average Bonchev–Trinajstić information content (AvgIpc) is 2.41. The molecule has 1 saturated carbocycles. The number of methoxy groups -OCH3 is 1. The van der Waals surface area contributed by atoms with Gasteiger partial charge in [-0.2, -0.15) is 0 Å². The fourth-order valence-electron chi connectivity index (χ4n) is 4.21. The van der Waals surface area contributed by atoms with E-state index in [0.29, 0.717) is 0 Å². The smallest absolute Gasteiger partial charge is 0.119 e. The molecule has 0 radical (unpaired) electrons. The predicted octanol–water partition coefficient (Wildman–Crippen LogP) is 3.82. The van der Waals surface area contributed by atoms with E-state index in [4.69, 9.17) is 4.74 Å². The summed E-state index contributed by atoms with van der Waals surface area (Å²) in [6.07, 6.45) is 4.01. The largest absolute Gasteiger partial charge is 0.497 e. The van der Waals surface area contributed by atoms with Crippen LogP contribution in [0, 0.1) is 11.3 Å². The van der Waals surface area contributed by atoms with Crippen LogP contribution in [0.2, 0.25) is 0 Å². The van der Waals surface area contributed by atoms with Gasteiger partial charge < -0.3 is 9.84 Å². The molecule has 0 amide bonds. The number of ether oxygens (including phenoxy) is 1. The first-order valence-electron chi connectivity index (χ1n) is 7.47. The Kier molecular flexibility index (Phi) is 2.98. The number of benzene rings is 1. The van der Waals surface area contributed by atoms with Gasteiger partial charge in [-0.1, -0.05) is 26.5 Å². The first-order valence-corrected chi connectivity index (χ1v) is 7.47. The van der Waals surface area contributed by atoms with Gasteiger partial charge >= 0.3 is 0 Å². The van der Waals surface area contributed by atoms with Gasteiger partial charge in [0.1, 0.15) is 5.75 Å². The van der Waals surface area contributed by atoms with Crippen molar-refractivity contribution in [2.45, 2.75) is 45.1 Å². The Morgan fingerprint density at radius 1 is 1.30 bits per heavy atom. The van der Waals surface area contributed by atoms with Gasteiger partial charge in [0.05, 0.1) is 12.7 Å². The van der Waals surface area contributed by atoms with E-state index in [0.717, 1.165) is 36.1 Å². The summed E-state index contributed by atoms with van der Waals surface area (Å²) in [7, 11) is 1.68. The van der Waals surface area contributed by atoms with Crippen molar-refractivity contribution in [1.29, 1.82) is 0 Å². The SMILES string of the molecule is C=C1c2cc(OC)ccc2C[C@H]2C(C)(C)CCC[C@]12O. The predicted molar refractivity (Wildman–Crippen MR) is 81.8 cm³/mol. The lowest BCUT2D eigenvalue weighted by atomic mass is 9.54. The topological polar surface area (TPSA) is 29.5 Å².